The van der Waals surface area contributed by atoms with Crippen molar-refractivity contribution in [3.63, 3.8) is 0 Å². The minimum Gasteiger partial charge on any atom is -0.484 e. The second-order valence-electron chi connectivity index (χ2n) is 5.76. The number of rotatable bonds is 4. The lowest BCUT2D eigenvalue weighted by molar-refractivity contribution is 0.261. The van der Waals surface area contributed by atoms with E-state index in [4.69, 9.17) is 9.15 Å². The van der Waals surface area contributed by atoms with Crippen LogP contribution in [0, 0.1) is 0 Å². The van der Waals surface area contributed by atoms with Gasteiger partial charge in [0.1, 0.15) is 5.75 Å². The molecule has 0 spiro atoms. The molecular formula is C19H18N2O2. The van der Waals surface area contributed by atoms with Gasteiger partial charge in [-0.1, -0.05) is 30.3 Å². The van der Waals surface area contributed by atoms with Crippen LogP contribution >= 0.6 is 0 Å². The van der Waals surface area contributed by atoms with Crippen LogP contribution in [-0.4, -0.2) is 10.2 Å². The summed E-state index contributed by atoms with van der Waals surface area (Å²) in [5.41, 5.74) is 3.66. The third-order valence-electron chi connectivity index (χ3n) is 4.19. The fourth-order valence-corrected chi connectivity index (χ4v) is 3.03. The third-order valence-corrected chi connectivity index (χ3v) is 4.19. The second-order valence-corrected chi connectivity index (χ2v) is 5.76. The van der Waals surface area contributed by atoms with Crippen molar-refractivity contribution < 1.29 is 9.15 Å². The van der Waals surface area contributed by atoms with E-state index >= 15 is 0 Å². The summed E-state index contributed by atoms with van der Waals surface area (Å²) in [5, 5.41) is 8.17. The summed E-state index contributed by atoms with van der Waals surface area (Å²) in [6.07, 6.45) is 4.72. The standard InChI is InChI=1S/C19H18N2O2/c1-2-8-15(9-3-1)19-21-20-18(23-19)13-22-17-12-6-10-14-7-4-5-11-16(14)17/h1-3,6,8-10,12H,4-5,7,11,13H2. The number of benzene rings is 2. The summed E-state index contributed by atoms with van der Waals surface area (Å²) in [6, 6.07) is 16.0. The lowest BCUT2D eigenvalue weighted by atomic mass is 9.91. The first-order valence-electron chi connectivity index (χ1n) is 8.01. The van der Waals surface area contributed by atoms with Gasteiger partial charge in [0.15, 0.2) is 6.61 Å². The van der Waals surface area contributed by atoms with Crippen LogP contribution in [0.1, 0.15) is 29.9 Å². The Kier molecular flexibility index (Phi) is 3.80. The molecule has 116 valence electrons. The maximum Gasteiger partial charge on any atom is 0.254 e. The van der Waals surface area contributed by atoms with Gasteiger partial charge in [-0.3, -0.25) is 0 Å². The largest absolute Gasteiger partial charge is 0.484 e. The van der Waals surface area contributed by atoms with Crippen LogP contribution in [0.2, 0.25) is 0 Å². The monoisotopic (exact) mass is 306 g/mol. The quantitative estimate of drug-likeness (QED) is 0.725. The molecule has 1 heterocycles. The summed E-state index contributed by atoms with van der Waals surface area (Å²) in [6.45, 7) is 0.302. The van der Waals surface area contributed by atoms with Gasteiger partial charge < -0.3 is 9.15 Å². The molecule has 23 heavy (non-hydrogen) atoms. The highest BCUT2D eigenvalue weighted by molar-refractivity contribution is 5.51. The predicted octanol–water partition coefficient (Wildman–Crippen LogP) is 4.19. The van der Waals surface area contributed by atoms with E-state index in [9.17, 15) is 0 Å². The smallest absolute Gasteiger partial charge is 0.254 e. The Morgan fingerprint density at radius 2 is 1.78 bits per heavy atom. The highest BCUT2D eigenvalue weighted by Crippen LogP contribution is 2.30. The van der Waals surface area contributed by atoms with Crippen LogP contribution in [0.3, 0.4) is 0 Å². The summed E-state index contributed by atoms with van der Waals surface area (Å²) in [4.78, 5) is 0. The molecule has 1 aliphatic carbocycles. The van der Waals surface area contributed by atoms with Crippen molar-refractivity contribution >= 4 is 0 Å². The lowest BCUT2D eigenvalue weighted by Gasteiger charge is -2.18. The normalized spacial score (nSPS) is 13.6. The minimum atomic E-state index is 0.302. The highest BCUT2D eigenvalue weighted by Gasteiger charge is 2.15. The Morgan fingerprint density at radius 3 is 2.70 bits per heavy atom. The molecule has 0 saturated heterocycles. The van der Waals surface area contributed by atoms with Crippen LogP contribution < -0.4 is 4.74 Å². The van der Waals surface area contributed by atoms with Crippen LogP contribution in [-0.2, 0) is 19.4 Å². The fraction of sp³-hybridized carbons (Fsp3) is 0.263. The average Bonchev–Trinajstić information content (AvgIpc) is 3.10. The molecule has 1 aromatic heterocycles. The maximum atomic E-state index is 5.94. The van der Waals surface area contributed by atoms with Crippen molar-refractivity contribution in [3.05, 3.63) is 65.5 Å². The van der Waals surface area contributed by atoms with E-state index in [1.54, 1.807) is 0 Å². The van der Waals surface area contributed by atoms with Gasteiger partial charge in [0.2, 0.25) is 5.89 Å². The first kappa shape index (κ1) is 14.0. The third kappa shape index (κ3) is 2.97. The summed E-state index contributed by atoms with van der Waals surface area (Å²) < 4.78 is 11.6. The molecule has 0 fully saturated rings. The molecule has 0 amide bonds. The van der Waals surface area contributed by atoms with Gasteiger partial charge in [0, 0.05) is 5.56 Å². The van der Waals surface area contributed by atoms with Gasteiger partial charge in [0.05, 0.1) is 0 Å². The van der Waals surface area contributed by atoms with Crippen LogP contribution in [0.25, 0.3) is 11.5 Å². The lowest BCUT2D eigenvalue weighted by Crippen LogP contribution is -2.06. The van der Waals surface area contributed by atoms with Crippen LogP contribution in [0.5, 0.6) is 5.75 Å². The van der Waals surface area contributed by atoms with Gasteiger partial charge in [-0.15, -0.1) is 10.2 Å². The molecule has 0 N–H and O–H groups in total. The highest BCUT2D eigenvalue weighted by atomic mass is 16.5. The van der Waals surface area contributed by atoms with E-state index < -0.39 is 0 Å². The number of fused-ring (bicyclic) bond motifs is 1. The van der Waals surface area contributed by atoms with E-state index in [1.807, 2.05) is 36.4 Å². The summed E-state index contributed by atoms with van der Waals surface area (Å²) >= 11 is 0. The van der Waals surface area contributed by atoms with E-state index in [0.29, 0.717) is 18.4 Å². The number of hydrogen-bond acceptors (Lipinski definition) is 4. The average molecular weight is 306 g/mol. The van der Waals surface area contributed by atoms with Gasteiger partial charge in [0.25, 0.3) is 5.89 Å². The van der Waals surface area contributed by atoms with Crippen molar-refractivity contribution in [2.45, 2.75) is 32.3 Å². The van der Waals surface area contributed by atoms with Gasteiger partial charge in [-0.2, -0.15) is 0 Å². The summed E-state index contributed by atoms with van der Waals surface area (Å²) in [7, 11) is 0. The second kappa shape index (κ2) is 6.24. The number of hydrogen-bond donors (Lipinski definition) is 0. The van der Waals surface area contributed by atoms with Crippen LogP contribution in [0.15, 0.2) is 52.9 Å². The zero-order valence-corrected chi connectivity index (χ0v) is 12.9. The Morgan fingerprint density at radius 1 is 0.913 bits per heavy atom. The van der Waals surface area contributed by atoms with Crippen molar-refractivity contribution in [1.82, 2.24) is 10.2 Å². The van der Waals surface area contributed by atoms with Crippen LogP contribution in [0.4, 0.5) is 0 Å². The Hall–Kier alpha value is -2.62. The van der Waals surface area contributed by atoms with Crippen molar-refractivity contribution in [1.29, 1.82) is 0 Å². The molecule has 1 aliphatic rings. The zero-order valence-electron chi connectivity index (χ0n) is 12.9. The molecule has 4 heteroatoms. The summed E-state index contributed by atoms with van der Waals surface area (Å²) in [5.74, 6) is 1.97. The van der Waals surface area contributed by atoms with E-state index in [-0.39, 0.29) is 0 Å². The molecule has 0 aliphatic heterocycles. The molecule has 0 saturated carbocycles. The first-order chi connectivity index (χ1) is 11.4. The Bertz CT molecular complexity index is 796. The number of aromatic nitrogens is 2. The Balaban J connectivity index is 1.49. The maximum absolute atomic E-state index is 5.94. The van der Waals surface area contributed by atoms with E-state index in [1.165, 1.54) is 24.0 Å². The van der Waals surface area contributed by atoms with E-state index in [2.05, 4.69) is 22.3 Å². The SMILES string of the molecule is c1ccc(-c2nnc(COc3cccc4c3CCCC4)o2)cc1. The van der Waals surface area contributed by atoms with E-state index in [0.717, 1.165) is 24.2 Å². The van der Waals surface area contributed by atoms with Crippen molar-refractivity contribution in [2.75, 3.05) is 0 Å². The predicted molar refractivity (Wildman–Crippen MR) is 87.2 cm³/mol. The van der Waals surface area contributed by atoms with Crippen molar-refractivity contribution in [3.8, 4) is 17.2 Å². The molecular weight excluding hydrogens is 288 g/mol. The molecule has 0 unspecified atom stereocenters. The molecule has 3 aromatic rings. The van der Waals surface area contributed by atoms with Gasteiger partial charge in [-0.25, -0.2) is 0 Å². The number of ether oxygens (including phenoxy) is 1. The minimum absolute atomic E-state index is 0.302. The first-order valence-corrected chi connectivity index (χ1v) is 8.01. The van der Waals surface area contributed by atoms with Crippen molar-refractivity contribution in [2.24, 2.45) is 0 Å². The van der Waals surface area contributed by atoms with Gasteiger partial charge in [-0.05, 0) is 55.0 Å². The molecule has 4 rings (SSSR count). The molecule has 0 atom stereocenters. The topological polar surface area (TPSA) is 48.2 Å². The zero-order chi connectivity index (χ0) is 15.5. The van der Waals surface area contributed by atoms with Gasteiger partial charge >= 0.3 is 0 Å². The molecule has 4 nitrogen and oxygen atoms in total. The molecule has 0 radical (unpaired) electrons. The fourth-order valence-electron chi connectivity index (χ4n) is 3.03. The Labute approximate surface area is 135 Å². The number of nitrogens with zero attached hydrogens (tertiary/aromatic N) is 2. The molecule has 0 bridgehead atoms. The number of aryl methyl sites for hydroxylation is 1. The molecule has 2 aromatic carbocycles.